The maximum absolute atomic E-state index is 5.30. The average Bonchev–Trinajstić information content (AvgIpc) is 3.17. The number of hydrogen-bond donors (Lipinski definition) is 0. The Morgan fingerprint density at radius 2 is 1.41 bits per heavy atom. The van der Waals surface area contributed by atoms with Gasteiger partial charge in [0.2, 0.25) is 0 Å². The van der Waals surface area contributed by atoms with Crippen molar-refractivity contribution in [2.45, 2.75) is 38.2 Å². The molecule has 3 rings (SSSR count). The zero-order valence-electron chi connectivity index (χ0n) is 10.9. The van der Waals surface area contributed by atoms with E-state index in [0.29, 0.717) is 6.10 Å². The minimum atomic E-state index is 0.569. The Morgan fingerprint density at radius 1 is 0.824 bits per heavy atom. The van der Waals surface area contributed by atoms with Crippen molar-refractivity contribution in [2.75, 3.05) is 45.9 Å². The Labute approximate surface area is 105 Å². The van der Waals surface area contributed by atoms with Gasteiger partial charge in [0.25, 0.3) is 0 Å². The van der Waals surface area contributed by atoms with Gasteiger partial charge in [-0.25, -0.2) is 0 Å². The second-order valence-electron chi connectivity index (χ2n) is 6.06. The Kier molecular flexibility index (Phi) is 3.99. The van der Waals surface area contributed by atoms with Crippen molar-refractivity contribution >= 4 is 0 Å². The van der Waals surface area contributed by atoms with E-state index in [2.05, 4.69) is 9.80 Å². The van der Waals surface area contributed by atoms with Gasteiger partial charge in [-0.05, 0) is 18.8 Å². The van der Waals surface area contributed by atoms with Crippen LogP contribution >= 0.6 is 0 Å². The Balaban J connectivity index is 1.35. The zero-order valence-corrected chi connectivity index (χ0v) is 10.9. The summed E-state index contributed by atoms with van der Waals surface area (Å²) in [6.07, 6.45) is 7.96. The predicted molar refractivity (Wildman–Crippen MR) is 69.2 cm³/mol. The van der Waals surface area contributed by atoms with Gasteiger partial charge in [-0.15, -0.1) is 0 Å². The molecule has 3 fully saturated rings. The monoisotopic (exact) mass is 238 g/mol. The van der Waals surface area contributed by atoms with E-state index in [4.69, 9.17) is 4.74 Å². The number of rotatable bonds is 4. The van der Waals surface area contributed by atoms with Crippen molar-refractivity contribution < 1.29 is 4.74 Å². The molecule has 0 aromatic rings. The van der Waals surface area contributed by atoms with Gasteiger partial charge in [-0.3, -0.25) is 4.90 Å². The minimum absolute atomic E-state index is 0.569. The zero-order chi connectivity index (χ0) is 11.5. The van der Waals surface area contributed by atoms with Crippen LogP contribution in [0.3, 0.4) is 0 Å². The van der Waals surface area contributed by atoms with Crippen LogP contribution in [0.15, 0.2) is 0 Å². The van der Waals surface area contributed by atoms with Crippen molar-refractivity contribution in [3.8, 4) is 0 Å². The summed E-state index contributed by atoms with van der Waals surface area (Å²) >= 11 is 0. The van der Waals surface area contributed by atoms with E-state index in [-0.39, 0.29) is 0 Å². The van der Waals surface area contributed by atoms with Gasteiger partial charge in [0.05, 0.1) is 12.7 Å². The smallest absolute Gasteiger partial charge is 0.0936 e. The summed E-state index contributed by atoms with van der Waals surface area (Å²) in [5, 5.41) is 0. The summed E-state index contributed by atoms with van der Waals surface area (Å²) in [5.41, 5.74) is 0. The van der Waals surface area contributed by atoms with Crippen LogP contribution in [0, 0.1) is 5.92 Å². The van der Waals surface area contributed by atoms with E-state index in [0.717, 1.165) is 12.5 Å². The molecular formula is C14H26N2O. The second kappa shape index (κ2) is 5.68. The molecule has 17 heavy (non-hydrogen) atoms. The molecule has 2 heterocycles. The molecule has 0 spiro atoms. The number of piperazine rings is 1. The maximum Gasteiger partial charge on any atom is 0.0936 e. The first-order chi connectivity index (χ1) is 8.40. The molecule has 0 bridgehead atoms. The molecule has 1 saturated carbocycles. The summed E-state index contributed by atoms with van der Waals surface area (Å²) in [6, 6.07) is 0. The molecule has 2 saturated heterocycles. The van der Waals surface area contributed by atoms with Crippen molar-refractivity contribution in [2.24, 2.45) is 5.92 Å². The van der Waals surface area contributed by atoms with Crippen LogP contribution in [0.5, 0.6) is 0 Å². The van der Waals surface area contributed by atoms with Crippen LogP contribution in [-0.2, 0) is 4.74 Å². The van der Waals surface area contributed by atoms with E-state index >= 15 is 0 Å². The molecule has 2 aliphatic heterocycles. The first-order valence-corrected chi connectivity index (χ1v) is 7.46. The van der Waals surface area contributed by atoms with E-state index in [9.17, 15) is 0 Å². The molecule has 1 atom stereocenters. The summed E-state index contributed by atoms with van der Waals surface area (Å²) in [6.45, 7) is 8.62. The quantitative estimate of drug-likeness (QED) is 0.693. The van der Waals surface area contributed by atoms with Crippen LogP contribution in [0.2, 0.25) is 0 Å². The Bertz CT molecular complexity index is 228. The molecule has 3 nitrogen and oxygen atoms in total. The fourth-order valence-electron chi connectivity index (χ4n) is 3.35. The lowest BCUT2D eigenvalue weighted by atomic mass is 9.89. The minimum Gasteiger partial charge on any atom is -0.372 e. The molecule has 3 aliphatic rings. The highest BCUT2D eigenvalue weighted by molar-refractivity contribution is 4.80. The van der Waals surface area contributed by atoms with Crippen LogP contribution in [0.4, 0.5) is 0 Å². The SMILES string of the molecule is C1CCC(CN2CCN(CC3CO3)CC2)CC1. The normalized spacial score (nSPS) is 32.8. The Hall–Kier alpha value is -0.120. The molecule has 0 aromatic carbocycles. The molecule has 0 N–H and O–H groups in total. The molecule has 1 unspecified atom stereocenters. The summed E-state index contributed by atoms with van der Waals surface area (Å²) in [7, 11) is 0. The highest BCUT2D eigenvalue weighted by Gasteiger charge is 2.28. The lowest BCUT2D eigenvalue weighted by Crippen LogP contribution is -2.48. The average molecular weight is 238 g/mol. The number of epoxide rings is 1. The fraction of sp³-hybridized carbons (Fsp3) is 1.00. The number of hydrogen-bond acceptors (Lipinski definition) is 3. The third-order valence-corrected chi connectivity index (χ3v) is 4.57. The molecule has 0 radical (unpaired) electrons. The van der Waals surface area contributed by atoms with Crippen LogP contribution < -0.4 is 0 Å². The third-order valence-electron chi connectivity index (χ3n) is 4.57. The van der Waals surface area contributed by atoms with Gasteiger partial charge in [0.1, 0.15) is 0 Å². The van der Waals surface area contributed by atoms with Crippen molar-refractivity contribution in [1.82, 2.24) is 9.80 Å². The highest BCUT2D eigenvalue weighted by atomic mass is 16.6. The van der Waals surface area contributed by atoms with Crippen molar-refractivity contribution in [1.29, 1.82) is 0 Å². The first kappa shape index (κ1) is 11.9. The fourth-order valence-corrected chi connectivity index (χ4v) is 3.35. The Morgan fingerprint density at radius 3 is 2.00 bits per heavy atom. The predicted octanol–water partition coefficient (Wildman–Crippen LogP) is 1.58. The van der Waals surface area contributed by atoms with Gasteiger partial charge < -0.3 is 9.64 Å². The van der Waals surface area contributed by atoms with Gasteiger partial charge in [0, 0.05) is 39.3 Å². The van der Waals surface area contributed by atoms with Gasteiger partial charge >= 0.3 is 0 Å². The molecule has 0 amide bonds. The van der Waals surface area contributed by atoms with Gasteiger partial charge in [-0.2, -0.15) is 0 Å². The topological polar surface area (TPSA) is 19.0 Å². The molecule has 0 aromatic heterocycles. The van der Waals surface area contributed by atoms with E-state index < -0.39 is 0 Å². The highest BCUT2D eigenvalue weighted by Crippen LogP contribution is 2.24. The largest absolute Gasteiger partial charge is 0.372 e. The standard InChI is InChI=1S/C14H26N2O/c1-2-4-13(5-3-1)10-15-6-8-16(9-7-15)11-14-12-17-14/h13-14H,1-12H2. The van der Waals surface area contributed by atoms with Crippen molar-refractivity contribution in [3.63, 3.8) is 0 Å². The summed E-state index contributed by atoms with van der Waals surface area (Å²) in [4.78, 5) is 5.27. The van der Waals surface area contributed by atoms with Crippen molar-refractivity contribution in [3.05, 3.63) is 0 Å². The number of ether oxygens (including phenoxy) is 1. The molecule has 3 heteroatoms. The second-order valence-corrected chi connectivity index (χ2v) is 6.06. The maximum atomic E-state index is 5.30. The van der Waals surface area contributed by atoms with E-state index in [1.807, 2.05) is 0 Å². The molecule has 1 aliphatic carbocycles. The van der Waals surface area contributed by atoms with E-state index in [1.54, 1.807) is 0 Å². The first-order valence-electron chi connectivity index (χ1n) is 7.46. The van der Waals surface area contributed by atoms with Crippen LogP contribution in [0.25, 0.3) is 0 Å². The summed E-state index contributed by atoms with van der Waals surface area (Å²) in [5.74, 6) is 1.00. The van der Waals surface area contributed by atoms with Crippen LogP contribution in [0.1, 0.15) is 32.1 Å². The summed E-state index contributed by atoms with van der Waals surface area (Å²) < 4.78 is 5.30. The van der Waals surface area contributed by atoms with E-state index in [1.165, 1.54) is 71.4 Å². The number of nitrogens with zero attached hydrogens (tertiary/aromatic N) is 2. The lowest BCUT2D eigenvalue weighted by molar-refractivity contribution is 0.104. The molecular weight excluding hydrogens is 212 g/mol. The lowest BCUT2D eigenvalue weighted by Gasteiger charge is -2.37. The van der Waals surface area contributed by atoms with Gasteiger partial charge in [-0.1, -0.05) is 19.3 Å². The van der Waals surface area contributed by atoms with Gasteiger partial charge in [0.15, 0.2) is 0 Å². The van der Waals surface area contributed by atoms with Crippen LogP contribution in [-0.4, -0.2) is 61.8 Å². The third kappa shape index (κ3) is 3.67. The molecule has 98 valence electrons.